The zero-order valence-electron chi connectivity index (χ0n) is 10.0. The second-order valence-electron chi connectivity index (χ2n) is 5.17. The van der Waals surface area contributed by atoms with E-state index in [4.69, 9.17) is 4.74 Å². The Morgan fingerprint density at radius 2 is 2.00 bits per heavy atom. The molecular weight excluding hydrogens is 192 g/mol. The van der Waals surface area contributed by atoms with Gasteiger partial charge >= 0.3 is 5.97 Å². The summed E-state index contributed by atoms with van der Waals surface area (Å²) in [7, 11) is 0. The number of carbonyl (C=O) groups is 2. The number of esters is 1. The summed E-state index contributed by atoms with van der Waals surface area (Å²) in [6.45, 7) is 7.45. The predicted octanol–water partition coefficient (Wildman–Crippen LogP) is 2.33. The summed E-state index contributed by atoms with van der Waals surface area (Å²) in [5, 5.41) is 0. The Kier molecular flexibility index (Phi) is 3.53. The molecule has 1 saturated carbocycles. The number of ketones is 1. The summed E-state index contributed by atoms with van der Waals surface area (Å²) in [6.07, 6.45) is 2.32. The van der Waals surface area contributed by atoms with Crippen LogP contribution in [-0.4, -0.2) is 17.4 Å². The van der Waals surface area contributed by atoms with Crippen molar-refractivity contribution in [3.8, 4) is 0 Å². The summed E-state index contributed by atoms with van der Waals surface area (Å²) in [5.74, 6) is -0.702. The van der Waals surface area contributed by atoms with Crippen molar-refractivity contribution < 1.29 is 14.3 Å². The summed E-state index contributed by atoms with van der Waals surface area (Å²) in [6, 6.07) is 0. The molecule has 2 unspecified atom stereocenters. The van der Waals surface area contributed by atoms with Crippen molar-refractivity contribution in [1.82, 2.24) is 0 Å². The number of rotatable bonds is 2. The average molecular weight is 212 g/mol. The first-order valence-electron chi connectivity index (χ1n) is 5.61. The first kappa shape index (κ1) is 12.2. The molecule has 0 bridgehead atoms. The minimum Gasteiger partial charge on any atom is -0.459 e. The first-order valence-corrected chi connectivity index (χ1v) is 5.61. The zero-order chi connectivity index (χ0) is 11.6. The van der Waals surface area contributed by atoms with Crippen molar-refractivity contribution in [2.75, 3.05) is 0 Å². The highest BCUT2D eigenvalue weighted by molar-refractivity contribution is 6.01. The van der Waals surface area contributed by atoms with Crippen LogP contribution in [0.1, 0.15) is 47.0 Å². The predicted molar refractivity (Wildman–Crippen MR) is 57.4 cm³/mol. The first-order chi connectivity index (χ1) is 6.85. The Bertz CT molecular complexity index is 263. The molecular formula is C12H20O3. The monoisotopic (exact) mass is 212 g/mol. The van der Waals surface area contributed by atoms with Crippen LogP contribution in [0.15, 0.2) is 0 Å². The Morgan fingerprint density at radius 3 is 2.40 bits per heavy atom. The molecule has 0 aromatic heterocycles. The van der Waals surface area contributed by atoms with Gasteiger partial charge in [-0.3, -0.25) is 9.59 Å². The van der Waals surface area contributed by atoms with Gasteiger partial charge in [0.15, 0.2) is 0 Å². The van der Waals surface area contributed by atoms with Crippen molar-refractivity contribution in [3.05, 3.63) is 0 Å². The van der Waals surface area contributed by atoms with E-state index in [1.165, 1.54) is 0 Å². The maximum Gasteiger partial charge on any atom is 0.317 e. The molecule has 1 rings (SSSR count). The number of hydrogen-bond donors (Lipinski definition) is 0. The van der Waals surface area contributed by atoms with Crippen molar-refractivity contribution in [2.24, 2.45) is 11.8 Å². The highest BCUT2D eigenvalue weighted by atomic mass is 16.6. The lowest BCUT2D eigenvalue weighted by Crippen LogP contribution is -2.31. The van der Waals surface area contributed by atoms with Gasteiger partial charge in [-0.15, -0.1) is 0 Å². The van der Waals surface area contributed by atoms with E-state index >= 15 is 0 Å². The average Bonchev–Trinajstić information content (AvgIpc) is 2.43. The van der Waals surface area contributed by atoms with Crippen molar-refractivity contribution in [3.63, 3.8) is 0 Å². The van der Waals surface area contributed by atoms with Gasteiger partial charge in [0.1, 0.15) is 17.3 Å². The molecule has 1 aliphatic carbocycles. The summed E-state index contributed by atoms with van der Waals surface area (Å²) >= 11 is 0. The van der Waals surface area contributed by atoms with Crippen LogP contribution in [-0.2, 0) is 14.3 Å². The topological polar surface area (TPSA) is 43.4 Å². The second kappa shape index (κ2) is 4.33. The molecule has 0 heterocycles. The summed E-state index contributed by atoms with van der Waals surface area (Å²) in [5.41, 5.74) is -0.498. The minimum atomic E-state index is -0.505. The molecule has 1 fully saturated rings. The molecule has 0 aliphatic heterocycles. The Hall–Kier alpha value is -0.860. The molecule has 0 N–H and O–H groups in total. The molecule has 0 spiro atoms. The standard InChI is InChI=1S/C12H20O3/c1-5-8-6-7-9(10(8)13)11(14)15-12(2,3)4/h8-9H,5-7H2,1-4H3. The van der Waals surface area contributed by atoms with Gasteiger partial charge in [-0.25, -0.2) is 0 Å². The van der Waals surface area contributed by atoms with E-state index in [0.717, 1.165) is 12.8 Å². The lowest BCUT2D eigenvalue weighted by Gasteiger charge is -2.21. The van der Waals surface area contributed by atoms with E-state index in [2.05, 4.69) is 0 Å². The third-order valence-corrected chi connectivity index (χ3v) is 2.73. The van der Waals surface area contributed by atoms with Gasteiger partial charge in [0.25, 0.3) is 0 Å². The third-order valence-electron chi connectivity index (χ3n) is 2.73. The Balaban J connectivity index is 2.59. The van der Waals surface area contributed by atoms with E-state index in [1.54, 1.807) is 0 Å². The van der Waals surface area contributed by atoms with Crippen LogP contribution in [0.5, 0.6) is 0 Å². The molecule has 15 heavy (non-hydrogen) atoms. The molecule has 3 heteroatoms. The van der Waals surface area contributed by atoms with Crippen LogP contribution in [0, 0.1) is 11.8 Å². The number of ether oxygens (including phenoxy) is 1. The van der Waals surface area contributed by atoms with Gasteiger partial charge in [-0.1, -0.05) is 6.92 Å². The zero-order valence-corrected chi connectivity index (χ0v) is 10.0. The molecule has 0 aromatic carbocycles. The summed E-state index contributed by atoms with van der Waals surface area (Å²) in [4.78, 5) is 23.5. The van der Waals surface area contributed by atoms with E-state index in [0.29, 0.717) is 6.42 Å². The van der Waals surface area contributed by atoms with Crippen LogP contribution in [0.3, 0.4) is 0 Å². The van der Waals surface area contributed by atoms with Crippen molar-refractivity contribution in [2.45, 2.75) is 52.6 Å². The van der Waals surface area contributed by atoms with E-state index < -0.39 is 11.5 Å². The van der Waals surface area contributed by atoms with Crippen LogP contribution in [0.2, 0.25) is 0 Å². The third kappa shape index (κ3) is 3.05. The maximum absolute atomic E-state index is 11.8. The Labute approximate surface area is 91.2 Å². The largest absolute Gasteiger partial charge is 0.459 e. The molecule has 86 valence electrons. The number of hydrogen-bond acceptors (Lipinski definition) is 3. The minimum absolute atomic E-state index is 0.0718. The van der Waals surface area contributed by atoms with Crippen LogP contribution in [0.4, 0.5) is 0 Å². The molecule has 0 saturated heterocycles. The maximum atomic E-state index is 11.8. The van der Waals surface area contributed by atoms with E-state index in [1.807, 2.05) is 27.7 Å². The van der Waals surface area contributed by atoms with Crippen molar-refractivity contribution >= 4 is 11.8 Å². The van der Waals surface area contributed by atoms with Gasteiger partial charge < -0.3 is 4.74 Å². The van der Waals surface area contributed by atoms with Crippen molar-refractivity contribution in [1.29, 1.82) is 0 Å². The van der Waals surface area contributed by atoms with Crippen LogP contribution in [0.25, 0.3) is 0 Å². The molecule has 0 aromatic rings. The lowest BCUT2D eigenvalue weighted by molar-refractivity contribution is -0.161. The lowest BCUT2D eigenvalue weighted by atomic mass is 10.0. The fraction of sp³-hybridized carbons (Fsp3) is 0.833. The smallest absolute Gasteiger partial charge is 0.317 e. The normalized spacial score (nSPS) is 26.8. The highest BCUT2D eigenvalue weighted by Gasteiger charge is 2.39. The Morgan fingerprint density at radius 1 is 1.40 bits per heavy atom. The van der Waals surface area contributed by atoms with Crippen LogP contribution >= 0.6 is 0 Å². The fourth-order valence-corrected chi connectivity index (χ4v) is 1.95. The second-order valence-corrected chi connectivity index (χ2v) is 5.17. The highest BCUT2D eigenvalue weighted by Crippen LogP contribution is 2.31. The number of Topliss-reactive ketones (excluding diaryl/α,β-unsaturated/α-hetero) is 1. The molecule has 0 amide bonds. The molecule has 1 aliphatic rings. The van der Waals surface area contributed by atoms with Gasteiger partial charge in [0, 0.05) is 5.92 Å². The quantitative estimate of drug-likeness (QED) is 0.521. The van der Waals surface area contributed by atoms with Crippen LogP contribution < -0.4 is 0 Å². The van der Waals surface area contributed by atoms with Gasteiger partial charge in [-0.05, 0) is 40.0 Å². The van der Waals surface area contributed by atoms with Gasteiger partial charge in [-0.2, -0.15) is 0 Å². The van der Waals surface area contributed by atoms with Gasteiger partial charge in [0.05, 0.1) is 0 Å². The number of carbonyl (C=O) groups excluding carboxylic acids is 2. The molecule has 0 radical (unpaired) electrons. The van der Waals surface area contributed by atoms with E-state index in [-0.39, 0.29) is 17.7 Å². The summed E-state index contributed by atoms with van der Waals surface area (Å²) < 4.78 is 5.23. The van der Waals surface area contributed by atoms with Gasteiger partial charge in [0.2, 0.25) is 0 Å². The SMILES string of the molecule is CCC1CCC(C(=O)OC(C)(C)C)C1=O. The molecule has 2 atom stereocenters. The fourth-order valence-electron chi connectivity index (χ4n) is 1.95. The molecule has 3 nitrogen and oxygen atoms in total. The van der Waals surface area contributed by atoms with E-state index in [9.17, 15) is 9.59 Å².